The molecule has 0 radical (unpaired) electrons. The first kappa shape index (κ1) is 19.7. The van der Waals surface area contributed by atoms with Crippen LogP contribution in [0.25, 0.3) is 16.9 Å². The van der Waals surface area contributed by atoms with Crippen LogP contribution in [0.5, 0.6) is 5.75 Å². The number of aryl methyl sites for hydroxylation is 1. The van der Waals surface area contributed by atoms with Gasteiger partial charge in [0.1, 0.15) is 17.3 Å². The Morgan fingerprint density at radius 3 is 3.00 bits per heavy atom. The number of nitrogens with one attached hydrogen (secondary N) is 3. The maximum atomic E-state index is 11.5. The van der Waals surface area contributed by atoms with Crippen molar-refractivity contribution in [3.8, 4) is 17.0 Å². The molecule has 32 heavy (non-hydrogen) atoms. The normalized spacial score (nSPS) is 12.6. The average Bonchev–Trinajstić information content (AvgIpc) is 3.38. The Kier molecular flexibility index (Phi) is 5.03. The molecule has 3 N–H and O–H groups in total. The molecule has 5 rings (SSSR count). The number of benzene rings is 2. The number of hydrogen-bond donors (Lipinski definition) is 3. The van der Waals surface area contributed by atoms with Crippen LogP contribution in [0.15, 0.2) is 61.1 Å². The van der Waals surface area contributed by atoms with Crippen molar-refractivity contribution in [1.82, 2.24) is 19.7 Å². The highest BCUT2D eigenvalue weighted by Crippen LogP contribution is 2.34. The Bertz CT molecular complexity index is 1340. The second-order valence-electron chi connectivity index (χ2n) is 7.58. The van der Waals surface area contributed by atoms with Crippen LogP contribution in [0.4, 0.5) is 11.5 Å². The minimum Gasteiger partial charge on any atom is -0.484 e. The maximum absolute atomic E-state index is 11.5. The molecule has 4 aromatic rings. The number of imidazole rings is 1. The second-order valence-corrected chi connectivity index (χ2v) is 7.58. The summed E-state index contributed by atoms with van der Waals surface area (Å²) in [5, 5.41) is 14.1. The number of amides is 1. The van der Waals surface area contributed by atoms with E-state index in [1.165, 1.54) is 5.56 Å². The lowest BCUT2D eigenvalue weighted by molar-refractivity contribution is -0.122. The fourth-order valence-electron chi connectivity index (χ4n) is 3.89. The smallest absolute Gasteiger partial charge is 0.257 e. The summed E-state index contributed by atoms with van der Waals surface area (Å²) in [5.41, 5.74) is 6.16. The number of hydrogen-bond acceptors (Lipinski definition) is 6. The van der Waals surface area contributed by atoms with Crippen LogP contribution >= 0.6 is 0 Å². The number of rotatable bonds is 6. The summed E-state index contributed by atoms with van der Waals surface area (Å²) in [7, 11) is 1.58. The minimum atomic E-state index is -0.193. The highest BCUT2D eigenvalue weighted by molar-refractivity contribution is 6.02. The molecular weight excluding hydrogens is 404 g/mol. The van der Waals surface area contributed by atoms with Crippen LogP contribution in [0.2, 0.25) is 0 Å². The third kappa shape index (κ3) is 3.66. The number of likely N-dealkylation sites (N-methyl/N-ethyl adjacent to an activating group) is 1. The average molecular weight is 426 g/mol. The summed E-state index contributed by atoms with van der Waals surface area (Å²) in [5.74, 6) is 1.20. The van der Waals surface area contributed by atoms with E-state index in [2.05, 4.69) is 21.7 Å². The lowest BCUT2D eigenvalue weighted by Gasteiger charge is -2.11. The minimum absolute atomic E-state index is 0.0513. The molecule has 8 nitrogen and oxygen atoms in total. The first-order valence-electron chi connectivity index (χ1n) is 10.4. The monoisotopic (exact) mass is 426 g/mol. The molecule has 1 amide bonds. The molecule has 0 unspecified atom stereocenters. The summed E-state index contributed by atoms with van der Waals surface area (Å²) >= 11 is 0. The van der Waals surface area contributed by atoms with Crippen LogP contribution in [-0.2, 0) is 11.2 Å². The Hall–Kier alpha value is -4.20. The molecule has 2 heterocycles. The van der Waals surface area contributed by atoms with E-state index in [9.17, 15) is 4.79 Å². The topological polar surface area (TPSA) is 104 Å². The summed E-state index contributed by atoms with van der Waals surface area (Å²) < 4.78 is 7.57. The molecule has 0 atom stereocenters. The van der Waals surface area contributed by atoms with Crippen LogP contribution in [0.3, 0.4) is 0 Å². The molecule has 160 valence electrons. The predicted octanol–water partition coefficient (Wildman–Crippen LogP) is 3.58. The van der Waals surface area contributed by atoms with Gasteiger partial charge >= 0.3 is 0 Å². The number of fused-ring (bicyclic) bond motifs is 2. The van der Waals surface area contributed by atoms with E-state index in [1.54, 1.807) is 19.4 Å². The molecule has 0 spiro atoms. The molecule has 0 saturated heterocycles. The lowest BCUT2D eigenvalue weighted by atomic mass is 10.1. The first-order chi connectivity index (χ1) is 15.6. The Labute approximate surface area is 184 Å². The van der Waals surface area contributed by atoms with Crippen LogP contribution in [0, 0.1) is 5.41 Å². The SMILES string of the molecule is CNC(=O)COc1cccc(-c2nc3cnccn3c2Nc2ccc3c(c2)CCC3=N)c1. The molecule has 0 aliphatic heterocycles. The van der Waals surface area contributed by atoms with Crippen molar-refractivity contribution in [1.29, 1.82) is 5.41 Å². The molecule has 1 aliphatic carbocycles. The third-order valence-corrected chi connectivity index (χ3v) is 5.52. The van der Waals surface area contributed by atoms with Gasteiger partial charge in [-0.2, -0.15) is 0 Å². The third-order valence-electron chi connectivity index (χ3n) is 5.52. The number of aromatic nitrogens is 3. The van der Waals surface area contributed by atoms with Gasteiger partial charge in [0.25, 0.3) is 5.91 Å². The molecular formula is C24H22N6O2. The number of anilines is 2. The van der Waals surface area contributed by atoms with E-state index < -0.39 is 0 Å². The van der Waals surface area contributed by atoms with Crippen LogP contribution < -0.4 is 15.4 Å². The van der Waals surface area contributed by atoms with Crippen LogP contribution in [-0.4, -0.2) is 39.6 Å². The van der Waals surface area contributed by atoms with Gasteiger partial charge in [-0.05, 0) is 48.2 Å². The standard InChI is InChI=1S/C24H22N6O2/c1-26-22(31)14-32-18-4-2-3-16(12-18)23-24(30-10-9-27-13-21(30)29-23)28-17-6-7-19-15(11-17)5-8-20(19)25/h2-4,6-7,9-13,25,28H,5,8,14H2,1H3,(H,26,31). The number of carbonyl (C=O) groups excluding carboxylic acids is 1. The molecule has 2 aromatic carbocycles. The maximum Gasteiger partial charge on any atom is 0.257 e. The number of ether oxygens (including phenoxy) is 1. The van der Waals surface area contributed by atoms with Crippen molar-refractivity contribution in [2.45, 2.75) is 12.8 Å². The van der Waals surface area contributed by atoms with Gasteiger partial charge in [-0.3, -0.25) is 14.2 Å². The van der Waals surface area contributed by atoms with E-state index in [-0.39, 0.29) is 12.5 Å². The van der Waals surface area contributed by atoms with Gasteiger partial charge in [-0.25, -0.2) is 4.98 Å². The van der Waals surface area contributed by atoms with Crippen molar-refractivity contribution >= 4 is 28.8 Å². The van der Waals surface area contributed by atoms with Gasteiger partial charge < -0.3 is 20.8 Å². The van der Waals surface area contributed by atoms with Crippen LogP contribution in [0.1, 0.15) is 17.5 Å². The van der Waals surface area contributed by atoms with Crippen molar-refractivity contribution in [2.24, 2.45) is 0 Å². The second kappa shape index (κ2) is 8.14. The fraction of sp³-hybridized carbons (Fsp3) is 0.167. The fourth-order valence-corrected chi connectivity index (χ4v) is 3.89. The number of nitrogens with zero attached hydrogens (tertiary/aromatic N) is 3. The molecule has 0 fully saturated rings. The van der Waals surface area contributed by atoms with E-state index in [0.717, 1.165) is 41.2 Å². The van der Waals surface area contributed by atoms with Crippen molar-refractivity contribution in [3.05, 3.63) is 72.2 Å². The van der Waals surface area contributed by atoms with E-state index in [4.69, 9.17) is 15.1 Å². The Morgan fingerprint density at radius 2 is 2.12 bits per heavy atom. The zero-order chi connectivity index (χ0) is 22.1. The zero-order valence-corrected chi connectivity index (χ0v) is 17.6. The molecule has 0 saturated carbocycles. The summed E-state index contributed by atoms with van der Waals surface area (Å²) in [6.07, 6.45) is 6.97. The van der Waals surface area contributed by atoms with Gasteiger partial charge in [0.2, 0.25) is 0 Å². The summed E-state index contributed by atoms with van der Waals surface area (Å²) in [6, 6.07) is 13.6. The Morgan fingerprint density at radius 1 is 1.22 bits per heavy atom. The lowest BCUT2D eigenvalue weighted by Crippen LogP contribution is -2.24. The first-order valence-corrected chi connectivity index (χ1v) is 10.4. The summed E-state index contributed by atoms with van der Waals surface area (Å²) in [6.45, 7) is -0.0513. The van der Waals surface area contributed by atoms with Crippen molar-refractivity contribution in [2.75, 3.05) is 19.0 Å². The quantitative estimate of drug-likeness (QED) is 0.437. The van der Waals surface area contributed by atoms with Crippen molar-refractivity contribution < 1.29 is 9.53 Å². The summed E-state index contributed by atoms with van der Waals surface area (Å²) in [4.78, 5) is 20.5. The largest absolute Gasteiger partial charge is 0.484 e. The highest BCUT2D eigenvalue weighted by Gasteiger charge is 2.19. The van der Waals surface area contributed by atoms with Gasteiger partial charge in [0.15, 0.2) is 12.3 Å². The molecule has 2 aromatic heterocycles. The highest BCUT2D eigenvalue weighted by atomic mass is 16.5. The molecule has 8 heteroatoms. The van der Waals surface area contributed by atoms with Gasteiger partial charge in [0, 0.05) is 36.4 Å². The molecule has 1 aliphatic rings. The van der Waals surface area contributed by atoms with Gasteiger partial charge in [-0.15, -0.1) is 0 Å². The van der Waals surface area contributed by atoms with E-state index >= 15 is 0 Å². The number of carbonyl (C=O) groups is 1. The van der Waals surface area contributed by atoms with E-state index in [0.29, 0.717) is 17.1 Å². The Balaban J connectivity index is 1.53. The van der Waals surface area contributed by atoms with Gasteiger partial charge in [-0.1, -0.05) is 18.2 Å². The van der Waals surface area contributed by atoms with Crippen molar-refractivity contribution in [3.63, 3.8) is 0 Å². The molecule has 0 bridgehead atoms. The van der Waals surface area contributed by atoms with Gasteiger partial charge in [0.05, 0.1) is 6.20 Å². The zero-order valence-electron chi connectivity index (χ0n) is 17.6. The predicted molar refractivity (Wildman–Crippen MR) is 123 cm³/mol. The van der Waals surface area contributed by atoms with E-state index in [1.807, 2.05) is 47.0 Å².